The molecule has 0 aliphatic heterocycles. The number of fused-ring (bicyclic) bond motifs is 1. The fourth-order valence-electron chi connectivity index (χ4n) is 3.01. The van der Waals surface area contributed by atoms with Crippen molar-refractivity contribution in [1.29, 1.82) is 0 Å². The van der Waals surface area contributed by atoms with Crippen molar-refractivity contribution in [2.24, 2.45) is 5.92 Å². The molecule has 0 bridgehead atoms. The number of rotatable bonds is 5. The molecule has 1 fully saturated rings. The first kappa shape index (κ1) is 16.0. The minimum absolute atomic E-state index is 0.222. The Morgan fingerprint density at radius 1 is 1.28 bits per heavy atom. The minimum atomic E-state index is -3.28. The zero-order chi connectivity index (χ0) is 17.6. The normalized spacial score (nSPS) is 14.9. The molecule has 0 unspecified atom stereocenters. The van der Waals surface area contributed by atoms with Gasteiger partial charge in [-0.15, -0.1) is 0 Å². The number of hydrogen-bond donors (Lipinski definition) is 1. The van der Waals surface area contributed by atoms with E-state index < -0.39 is 9.84 Å². The van der Waals surface area contributed by atoms with Crippen molar-refractivity contribution in [2.45, 2.75) is 31.1 Å². The van der Waals surface area contributed by atoms with Gasteiger partial charge in [0, 0.05) is 5.56 Å². The minimum Gasteiger partial charge on any atom is -0.381 e. The molecule has 130 valence electrons. The number of nitrogen functional groups attached to an aromatic ring is 1. The predicted octanol–water partition coefficient (Wildman–Crippen LogP) is 2.12. The van der Waals surface area contributed by atoms with E-state index in [0.717, 1.165) is 30.4 Å². The number of benzene rings is 1. The first-order chi connectivity index (χ1) is 12.0. The summed E-state index contributed by atoms with van der Waals surface area (Å²) in [4.78, 5) is 8.58. The molecular formula is C17H19N5O2S. The molecule has 1 aliphatic rings. The summed E-state index contributed by atoms with van der Waals surface area (Å²) in [7, 11) is -3.28. The molecule has 4 rings (SSSR count). The molecule has 0 amide bonds. The van der Waals surface area contributed by atoms with Crippen LogP contribution >= 0.6 is 0 Å². The third-order valence-corrected chi connectivity index (χ3v) is 6.46. The average molecular weight is 357 g/mol. The monoisotopic (exact) mass is 357 g/mol. The molecule has 8 heteroatoms. The standard InChI is InChI=1S/C17H19N5O2S/c1-2-12-5-6-13(25(23,24)9-11-3-4-11)7-14(12)15-8-19-17-16(18)20-10-21-22(15)17/h5-8,10-11H,2-4,9H2,1H3,(H2,18,20,21). The van der Waals surface area contributed by atoms with Gasteiger partial charge in [0.25, 0.3) is 0 Å². The molecule has 25 heavy (non-hydrogen) atoms. The Kier molecular flexibility index (Phi) is 3.72. The zero-order valence-electron chi connectivity index (χ0n) is 13.9. The van der Waals surface area contributed by atoms with E-state index in [9.17, 15) is 8.42 Å². The third kappa shape index (κ3) is 2.86. The lowest BCUT2D eigenvalue weighted by atomic mass is 10.0. The molecule has 1 aromatic carbocycles. The smallest absolute Gasteiger partial charge is 0.197 e. The van der Waals surface area contributed by atoms with E-state index in [0.29, 0.717) is 22.2 Å². The SMILES string of the molecule is CCc1ccc(S(=O)(=O)CC2CC2)cc1-c1cnc2c(N)ncnn12. The van der Waals surface area contributed by atoms with E-state index in [1.54, 1.807) is 22.8 Å². The fraction of sp³-hybridized carbons (Fsp3) is 0.353. The topological polar surface area (TPSA) is 103 Å². The van der Waals surface area contributed by atoms with E-state index in [1.165, 1.54) is 6.33 Å². The van der Waals surface area contributed by atoms with Gasteiger partial charge in [-0.3, -0.25) is 0 Å². The number of nitrogens with two attached hydrogens (primary N) is 1. The quantitative estimate of drug-likeness (QED) is 0.750. The number of aryl methyl sites for hydroxylation is 1. The largest absolute Gasteiger partial charge is 0.381 e. The third-order valence-electron chi connectivity index (χ3n) is 4.58. The molecule has 0 spiro atoms. The number of sulfone groups is 1. The lowest BCUT2D eigenvalue weighted by Gasteiger charge is -2.11. The highest BCUT2D eigenvalue weighted by molar-refractivity contribution is 7.91. The summed E-state index contributed by atoms with van der Waals surface area (Å²) >= 11 is 0. The van der Waals surface area contributed by atoms with E-state index >= 15 is 0 Å². The summed E-state index contributed by atoms with van der Waals surface area (Å²) in [5.74, 6) is 0.819. The average Bonchev–Trinajstić information content (AvgIpc) is 3.29. The molecule has 2 aromatic heterocycles. The highest BCUT2D eigenvalue weighted by Crippen LogP contribution is 2.34. The van der Waals surface area contributed by atoms with Crippen LogP contribution in [-0.2, 0) is 16.3 Å². The molecule has 0 saturated heterocycles. The van der Waals surface area contributed by atoms with E-state index in [2.05, 4.69) is 15.1 Å². The van der Waals surface area contributed by atoms with Crippen LogP contribution in [0.15, 0.2) is 35.6 Å². The van der Waals surface area contributed by atoms with Crippen LogP contribution in [-0.4, -0.2) is 33.8 Å². The van der Waals surface area contributed by atoms with Crippen molar-refractivity contribution in [3.63, 3.8) is 0 Å². The fourth-order valence-corrected chi connectivity index (χ4v) is 4.72. The first-order valence-corrected chi connectivity index (χ1v) is 9.95. The van der Waals surface area contributed by atoms with E-state index in [1.807, 2.05) is 13.0 Å². The van der Waals surface area contributed by atoms with Gasteiger partial charge in [0.1, 0.15) is 6.33 Å². The van der Waals surface area contributed by atoms with Crippen LogP contribution < -0.4 is 5.73 Å². The molecule has 3 aromatic rings. The van der Waals surface area contributed by atoms with Crippen LogP contribution in [0.2, 0.25) is 0 Å². The highest BCUT2D eigenvalue weighted by Gasteiger charge is 2.29. The molecule has 1 aliphatic carbocycles. The Morgan fingerprint density at radius 2 is 2.08 bits per heavy atom. The van der Waals surface area contributed by atoms with Gasteiger partial charge in [-0.05, 0) is 42.9 Å². The summed E-state index contributed by atoms with van der Waals surface area (Å²) in [5, 5.41) is 4.22. The van der Waals surface area contributed by atoms with Gasteiger partial charge in [-0.25, -0.2) is 22.9 Å². The van der Waals surface area contributed by atoms with E-state index in [-0.39, 0.29) is 11.6 Å². The summed E-state index contributed by atoms with van der Waals surface area (Å²) in [6, 6.07) is 5.31. The van der Waals surface area contributed by atoms with Gasteiger partial charge in [0.15, 0.2) is 21.3 Å². The molecule has 0 atom stereocenters. The van der Waals surface area contributed by atoms with Crippen molar-refractivity contribution >= 4 is 21.3 Å². The predicted molar refractivity (Wildman–Crippen MR) is 94.8 cm³/mol. The van der Waals surface area contributed by atoms with Crippen LogP contribution in [0.5, 0.6) is 0 Å². The first-order valence-electron chi connectivity index (χ1n) is 8.30. The number of imidazole rings is 1. The maximum Gasteiger partial charge on any atom is 0.197 e. The van der Waals surface area contributed by atoms with Crippen LogP contribution in [0.1, 0.15) is 25.3 Å². The molecule has 0 radical (unpaired) electrons. The molecule has 2 N–H and O–H groups in total. The van der Waals surface area contributed by atoms with Crippen molar-refractivity contribution in [1.82, 2.24) is 19.6 Å². The molecule has 7 nitrogen and oxygen atoms in total. The van der Waals surface area contributed by atoms with Crippen LogP contribution in [0, 0.1) is 5.92 Å². The van der Waals surface area contributed by atoms with Gasteiger partial charge >= 0.3 is 0 Å². The van der Waals surface area contributed by atoms with Crippen molar-refractivity contribution < 1.29 is 8.42 Å². The number of anilines is 1. The number of nitrogens with zero attached hydrogens (tertiary/aromatic N) is 4. The van der Waals surface area contributed by atoms with Gasteiger partial charge in [-0.1, -0.05) is 13.0 Å². The number of aromatic nitrogens is 4. The van der Waals surface area contributed by atoms with Gasteiger partial charge in [-0.2, -0.15) is 5.10 Å². The second-order valence-corrected chi connectivity index (χ2v) is 8.46. The summed E-state index contributed by atoms with van der Waals surface area (Å²) in [5.41, 5.74) is 8.87. The van der Waals surface area contributed by atoms with E-state index in [4.69, 9.17) is 5.73 Å². The lowest BCUT2D eigenvalue weighted by molar-refractivity contribution is 0.592. The molecule has 2 heterocycles. The second kappa shape index (κ2) is 5.80. The second-order valence-electron chi connectivity index (χ2n) is 6.42. The van der Waals surface area contributed by atoms with Gasteiger partial charge in [0.2, 0.25) is 0 Å². The Bertz CT molecular complexity index is 1050. The Labute approximate surface area is 145 Å². The maximum atomic E-state index is 12.7. The van der Waals surface area contributed by atoms with Gasteiger partial charge < -0.3 is 5.73 Å². The number of hydrogen-bond acceptors (Lipinski definition) is 6. The maximum absolute atomic E-state index is 12.7. The lowest BCUT2D eigenvalue weighted by Crippen LogP contribution is -2.09. The van der Waals surface area contributed by atoms with Crippen molar-refractivity contribution in [3.05, 3.63) is 36.3 Å². The highest BCUT2D eigenvalue weighted by atomic mass is 32.2. The van der Waals surface area contributed by atoms with Gasteiger partial charge in [0.05, 0.1) is 22.5 Å². The van der Waals surface area contributed by atoms with Crippen LogP contribution in [0.4, 0.5) is 5.82 Å². The van der Waals surface area contributed by atoms with Crippen LogP contribution in [0.3, 0.4) is 0 Å². The molecule has 1 saturated carbocycles. The Morgan fingerprint density at radius 3 is 2.80 bits per heavy atom. The van der Waals surface area contributed by atoms with Crippen molar-refractivity contribution in [2.75, 3.05) is 11.5 Å². The Hall–Kier alpha value is -2.48. The zero-order valence-corrected chi connectivity index (χ0v) is 14.7. The van der Waals surface area contributed by atoms with Crippen molar-refractivity contribution in [3.8, 4) is 11.3 Å². The summed E-state index contributed by atoms with van der Waals surface area (Å²) in [6.07, 6.45) is 5.80. The Balaban J connectivity index is 1.87. The summed E-state index contributed by atoms with van der Waals surface area (Å²) in [6.45, 7) is 2.03. The molecular weight excluding hydrogens is 338 g/mol. The summed E-state index contributed by atoms with van der Waals surface area (Å²) < 4.78 is 26.9. The van der Waals surface area contributed by atoms with Crippen LogP contribution in [0.25, 0.3) is 16.9 Å².